The summed E-state index contributed by atoms with van der Waals surface area (Å²) >= 11 is 0. The van der Waals surface area contributed by atoms with Crippen LogP contribution in [0.4, 0.5) is 11.4 Å². The molecule has 0 spiro atoms. The number of allylic oxidation sites excluding steroid dienone is 2. The van der Waals surface area contributed by atoms with E-state index in [-0.39, 0.29) is 0 Å². The Balaban J connectivity index is 2.31. The second-order valence-corrected chi connectivity index (χ2v) is 5.65. The standard InChI is InChI=1S/C20H23NO/c1-5-14(2)16(4)20-12-19(9-6-15(20)3)21-18-10-7-17(13-22)8-11-18/h6-13,21H,5H2,1-4H3/b16-14-. The van der Waals surface area contributed by atoms with Crippen LogP contribution in [0.15, 0.2) is 48.0 Å². The molecule has 0 radical (unpaired) electrons. The van der Waals surface area contributed by atoms with Crippen LogP contribution in [0.1, 0.15) is 48.7 Å². The third-order valence-corrected chi connectivity index (χ3v) is 4.15. The van der Waals surface area contributed by atoms with Crippen molar-refractivity contribution in [1.82, 2.24) is 0 Å². The van der Waals surface area contributed by atoms with Gasteiger partial charge in [-0.3, -0.25) is 4.79 Å². The summed E-state index contributed by atoms with van der Waals surface area (Å²) in [6.07, 6.45) is 1.92. The predicted molar refractivity (Wildman–Crippen MR) is 94.9 cm³/mol. The lowest BCUT2D eigenvalue weighted by Gasteiger charge is -2.13. The summed E-state index contributed by atoms with van der Waals surface area (Å²) in [7, 11) is 0. The third-order valence-electron chi connectivity index (χ3n) is 4.15. The van der Waals surface area contributed by atoms with Crippen molar-refractivity contribution in [1.29, 1.82) is 0 Å². The lowest BCUT2D eigenvalue weighted by atomic mass is 9.96. The maximum atomic E-state index is 10.7. The van der Waals surface area contributed by atoms with E-state index in [2.05, 4.69) is 51.2 Å². The molecule has 2 aromatic carbocycles. The van der Waals surface area contributed by atoms with Crippen LogP contribution in [0.3, 0.4) is 0 Å². The highest BCUT2D eigenvalue weighted by molar-refractivity contribution is 5.77. The van der Waals surface area contributed by atoms with Gasteiger partial charge in [0.1, 0.15) is 6.29 Å². The molecule has 1 N–H and O–H groups in total. The van der Waals surface area contributed by atoms with Gasteiger partial charge in [-0.05, 0) is 80.3 Å². The molecule has 0 aromatic heterocycles. The van der Waals surface area contributed by atoms with Crippen LogP contribution in [-0.4, -0.2) is 6.29 Å². The van der Waals surface area contributed by atoms with Crippen LogP contribution in [0.2, 0.25) is 0 Å². The van der Waals surface area contributed by atoms with E-state index in [1.807, 2.05) is 24.3 Å². The summed E-state index contributed by atoms with van der Waals surface area (Å²) < 4.78 is 0. The van der Waals surface area contributed by atoms with Crippen molar-refractivity contribution in [2.45, 2.75) is 34.1 Å². The normalized spacial score (nSPS) is 11.8. The average molecular weight is 293 g/mol. The van der Waals surface area contributed by atoms with Gasteiger partial charge >= 0.3 is 0 Å². The molecule has 2 aromatic rings. The molecule has 0 heterocycles. The van der Waals surface area contributed by atoms with Crippen LogP contribution in [0, 0.1) is 6.92 Å². The zero-order valence-electron chi connectivity index (χ0n) is 13.7. The molecule has 0 fully saturated rings. The smallest absolute Gasteiger partial charge is 0.150 e. The zero-order valence-corrected chi connectivity index (χ0v) is 13.7. The molecule has 0 atom stereocenters. The maximum Gasteiger partial charge on any atom is 0.150 e. The first-order valence-electron chi connectivity index (χ1n) is 7.64. The van der Waals surface area contributed by atoms with Crippen molar-refractivity contribution >= 4 is 23.2 Å². The highest BCUT2D eigenvalue weighted by Crippen LogP contribution is 2.27. The first-order valence-corrected chi connectivity index (χ1v) is 7.64. The molecule has 0 saturated carbocycles. The molecule has 0 aliphatic heterocycles. The second kappa shape index (κ2) is 7.08. The first kappa shape index (κ1) is 16.0. The third kappa shape index (κ3) is 3.64. The predicted octanol–water partition coefficient (Wildman–Crippen LogP) is 5.75. The summed E-state index contributed by atoms with van der Waals surface area (Å²) in [6.45, 7) is 8.70. The summed E-state index contributed by atoms with van der Waals surface area (Å²) in [5.41, 5.74) is 8.06. The largest absolute Gasteiger partial charge is 0.356 e. The number of anilines is 2. The minimum atomic E-state index is 0.687. The van der Waals surface area contributed by atoms with E-state index >= 15 is 0 Å². The fraction of sp³-hybridized carbons (Fsp3) is 0.250. The van der Waals surface area contributed by atoms with E-state index in [4.69, 9.17) is 0 Å². The van der Waals surface area contributed by atoms with Crippen molar-refractivity contribution in [2.24, 2.45) is 0 Å². The monoisotopic (exact) mass is 293 g/mol. The van der Waals surface area contributed by atoms with Crippen LogP contribution in [0.5, 0.6) is 0 Å². The van der Waals surface area contributed by atoms with E-state index < -0.39 is 0 Å². The van der Waals surface area contributed by atoms with Gasteiger partial charge in [0.25, 0.3) is 0 Å². The SMILES string of the molecule is CC/C(C)=C(/C)c1cc(Nc2ccc(C=O)cc2)ccc1C. The molecule has 2 rings (SSSR count). The van der Waals surface area contributed by atoms with Gasteiger partial charge in [-0.2, -0.15) is 0 Å². The van der Waals surface area contributed by atoms with Gasteiger partial charge < -0.3 is 5.32 Å². The summed E-state index contributed by atoms with van der Waals surface area (Å²) in [6, 6.07) is 13.9. The summed E-state index contributed by atoms with van der Waals surface area (Å²) in [5, 5.41) is 3.40. The fourth-order valence-electron chi connectivity index (χ4n) is 2.41. The maximum absolute atomic E-state index is 10.7. The van der Waals surface area contributed by atoms with Crippen molar-refractivity contribution < 1.29 is 4.79 Å². The molecule has 114 valence electrons. The number of carbonyl (C=O) groups is 1. The average Bonchev–Trinajstić information content (AvgIpc) is 2.56. The van der Waals surface area contributed by atoms with E-state index in [0.717, 1.165) is 24.1 Å². The molecule has 0 aliphatic rings. The number of hydrogen-bond donors (Lipinski definition) is 1. The fourth-order valence-corrected chi connectivity index (χ4v) is 2.41. The Bertz CT molecular complexity index is 696. The Kier molecular flexibility index (Phi) is 5.16. The van der Waals surface area contributed by atoms with Crippen LogP contribution < -0.4 is 5.32 Å². The van der Waals surface area contributed by atoms with Crippen molar-refractivity contribution in [3.8, 4) is 0 Å². The first-order chi connectivity index (χ1) is 10.5. The molecule has 0 amide bonds. The topological polar surface area (TPSA) is 29.1 Å². The minimum Gasteiger partial charge on any atom is -0.356 e. The van der Waals surface area contributed by atoms with Crippen LogP contribution >= 0.6 is 0 Å². The minimum absolute atomic E-state index is 0.687. The van der Waals surface area contributed by atoms with Gasteiger partial charge in [0.15, 0.2) is 0 Å². The number of rotatable bonds is 5. The van der Waals surface area contributed by atoms with Crippen molar-refractivity contribution in [3.63, 3.8) is 0 Å². The van der Waals surface area contributed by atoms with Gasteiger partial charge in [0.05, 0.1) is 0 Å². The molecular formula is C20H23NO. The van der Waals surface area contributed by atoms with Crippen molar-refractivity contribution in [3.05, 3.63) is 64.7 Å². The lowest BCUT2D eigenvalue weighted by Crippen LogP contribution is -1.95. The molecular weight excluding hydrogens is 270 g/mol. The Morgan fingerprint density at radius 3 is 2.27 bits per heavy atom. The van der Waals surface area contributed by atoms with Gasteiger partial charge in [-0.1, -0.05) is 18.6 Å². The van der Waals surface area contributed by atoms with E-state index in [1.54, 1.807) is 0 Å². The van der Waals surface area contributed by atoms with E-state index in [1.165, 1.54) is 22.3 Å². The second-order valence-electron chi connectivity index (χ2n) is 5.65. The molecule has 2 heteroatoms. The van der Waals surface area contributed by atoms with E-state index in [9.17, 15) is 4.79 Å². The van der Waals surface area contributed by atoms with Crippen LogP contribution in [-0.2, 0) is 0 Å². The number of benzene rings is 2. The number of hydrogen-bond acceptors (Lipinski definition) is 2. The van der Waals surface area contributed by atoms with Crippen LogP contribution in [0.25, 0.3) is 5.57 Å². The summed E-state index contributed by atoms with van der Waals surface area (Å²) in [4.78, 5) is 10.7. The number of carbonyl (C=O) groups excluding carboxylic acids is 1. The Morgan fingerprint density at radius 2 is 1.68 bits per heavy atom. The van der Waals surface area contributed by atoms with Gasteiger partial charge in [-0.15, -0.1) is 0 Å². The van der Waals surface area contributed by atoms with Crippen molar-refractivity contribution in [2.75, 3.05) is 5.32 Å². The number of aldehydes is 1. The highest BCUT2D eigenvalue weighted by atomic mass is 16.1. The summed E-state index contributed by atoms with van der Waals surface area (Å²) in [5.74, 6) is 0. The highest BCUT2D eigenvalue weighted by Gasteiger charge is 2.05. The molecule has 0 bridgehead atoms. The van der Waals surface area contributed by atoms with E-state index in [0.29, 0.717) is 5.56 Å². The van der Waals surface area contributed by atoms with Gasteiger partial charge in [0, 0.05) is 16.9 Å². The van der Waals surface area contributed by atoms with Gasteiger partial charge in [-0.25, -0.2) is 0 Å². The quantitative estimate of drug-likeness (QED) is 0.711. The zero-order chi connectivity index (χ0) is 16.1. The lowest BCUT2D eigenvalue weighted by molar-refractivity contribution is 0.112. The Morgan fingerprint density at radius 1 is 1.05 bits per heavy atom. The molecule has 0 unspecified atom stereocenters. The molecule has 0 saturated heterocycles. The number of nitrogens with one attached hydrogen (secondary N) is 1. The Hall–Kier alpha value is -2.35. The molecule has 2 nitrogen and oxygen atoms in total. The molecule has 22 heavy (non-hydrogen) atoms. The molecule has 0 aliphatic carbocycles. The van der Waals surface area contributed by atoms with Gasteiger partial charge in [0.2, 0.25) is 0 Å². The Labute approximate surface area is 132 Å². The number of aryl methyl sites for hydroxylation is 1.